The molecule has 0 aliphatic carbocycles. The molecule has 2 nitrogen and oxygen atoms in total. The maximum atomic E-state index is 11.8. The highest BCUT2D eigenvalue weighted by Gasteiger charge is 2.05. The summed E-state index contributed by atoms with van der Waals surface area (Å²) in [5.41, 5.74) is 2.24. The average molecular weight is 254 g/mol. The van der Waals surface area contributed by atoms with Gasteiger partial charge in [0.2, 0.25) is 0 Å². The van der Waals surface area contributed by atoms with Gasteiger partial charge in [-0.1, -0.05) is 49.4 Å². The molecule has 0 radical (unpaired) electrons. The van der Waals surface area contributed by atoms with Gasteiger partial charge in [-0.3, -0.25) is 4.79 Å². The number of ketones is 1. The number of hydrogen-bond acceptors (Lipinski definition) is 2. The van der Waals surface area contributed by atoms with Crippen LogP contribution in [0, 0.1) is 0 Å². The third-order valence-electron chi connectivity index (χ3n) is 2.95. The molecular weight excluding hydrogens is 236 g/mol. The van der Waals surface area contributed by atoms with E-state index < -0.39 is 0 Å². The topological polar surface area (TPSA) is 26.3 Å². The first kappa shape index (κ1) is 13.3. The summed E-state index contributed by atoms with van der Waals surface area (Å²) in [6, 6.07) is 17.6. The van der Waals surface area contributed by atoms with Crippen LogP contribution in [-0.2, 0) is 17.6 Å². The fourth-order valence-corrected chi connectivity index (χ4v) is 1.89. The molecule has 0 amide bonds. The molecule has 0 fully saturated rings. The first-order chi connectivity index (χ1) is 9.28. The van der Waals surface area contributed by atoms with Gasteiger partial charge in [0, 0.05) is 6.42 Å². The molecule has 2 aromatic rings. The molecule has 98 valence electrons. The van der Waals surface area contributed by atoms with Gasteiger partial charge in [0.15, 0.2) is 5.78 Å². The van der Waals surface area contributed by atoms with E-state index in [0.717, 1.165) is 17.7 Å². The number of aryl methyl sites for hydroxylation is 1. The van der Waals surface area contributed by atoms with Crippen molar-refractivity contribution in [1.29, 1.82) is 0 Å². The van der Waals surface area contributed by atoms with Gasteiger partial charge in [0.25, 0.3) is 0 Å². The highest BCUT2D eigenvalue weighted by Crippen LogP contribution is 2.13. The number of carbonyl (C=O) groups is 1. The van der Waals surface area contributed by atoms with Crippen LogP contribution in [0.15, 0.2) is 54.6 Å². The zero-order valence-electron chi connectivity index (χ0n) is 11.1. The van der Waals surface area contributed by atoms with E-state index in [1.165, 1.54) is 5.56 Å². The van der Waals surface area contributed by atoms with Gasteiger partial charge in [0.05, 0.1) is 0 Å². The van der Waals surface area contributed by atoms with Crippen LogP contribution in [0.4, 0.5) is 0 Å². The molecule has 0 atom stereocenters. The standard InChI is InChI=1S/C17H18O2/c1-2-14-9-6-10-17(12-14)19-13-16(18)11-15-7-4-3-5-8-15/h3-10,12H,2,11,13H2,1H3. The molecule has 2 rings (SSSR count). The first-order valence-electron chi connectivity index (χ1n) is 6.55. The smallest absolute Gasteiger partial charge is 0.174 e. The van der Waals surface area contributed by atoms with E-state index in [-0.39, 0.29) is 12.4 Å². The second-order valence-electron chi connectivity index (χ2n) is 4.49. The van der Waals surface area contributed by atoms with E-state index >= 15 is 0 Å². The minimum absolute atomic E-state index is 0.0908. The monoisotopic (exact) mass is 254 g/mol. The Balaban J connectivity index is 1.86. The maximum absolute atomic E-state index is 11.8. The van der Waals surface area contributed by atoms with Crippen molar-refractivity contribution in [2.75, 3.05) is 6.61 Å². The highest BCUT2D eigenvalue weighted by molar-refractivity contribution is 5.82. The minimum Gasteiger partial charge on any atom is -0.486 e. The number of hydrogen-bond donors (Lipinski definition) is 0. The van der Waals surface area contributed by atoms with Gasteiger partial charge in [-0.25, -0.2) is 0 Å². The fraction of sp³-hybridized carbons (Fsp3) is 0.235. The van der Waals surface area contributed by atoms with Crippen molar-refractivity contribution in [1.82, 2.24) is 0 Å². The molecular formula is C17H18O2. The van der Waals surface area contributed by atoms with Crippen LogP contribution >= 0.6 is 0 Å². The summed E-state index contributed by atoms with van der Waals surface area (Å²) in [6.45, 7) is 2.22. The van der Waals surface area contributed by atoms with E-state index in [2.05, 4.69) is 13.0 Å². The SMILES string of the molecule is CCc1cccc(OCC(=O)Cc2ccccc2)c1. The number of carbonyl (C=O) groups excluding carboxylic acids is 1. The summed E-state index contributed by atoms with van der Waals surface area (Å²) in [4.78, 5) is 11.8. The quantitative estimate of drug-likeness (QED) is 0.789. The van der Waals surface area contributed by atoms with Crippen molar-refractivity contribution in [3.05, 3.63) is 65.7 Å². The Kier molecular flexibility index (Phi) is 4.73. The van der Waals surface area contributed by atoms with Gasteiger partial charge in [-0.15, -0.1) is 0 Å². The van der Waals surface area contributed by atoms with Gasteiger partial charge in [-0.05, 0) is 29.7 Å². The Hall–Kier alpha value is -2.09. The molecule has 0 aliphatic heterocycles. The van der Waals surface area contributed by atoms with Crippen LogP contribution < -0.4 is 4.74 Å². The van der Waals surface area contributed by atoms with Crippen LogP contribution in [0.2, 0.25) is 0 Å². The number of ether oxygens (including phenoxy) is 1. The van der Waals surface area contributed by atoms with Gasteiger partial charge in [-0.2, -0.15) is 0 Å². The molecule has 19 heavy (non-hydrogen) atoms. The molecule has 0 unspecified atom stereocenters. The predicted molar refractivity (Wildman–Crippen MR) is 76.5 cm³/mol. The van der Waals surface area contributed by atoms with Crippen molar-refractivity contribution in [3.63, 3.8) is 0 Å². The van der Waals surface area contributed by atoms with Crippen LogP contribution in [0.5, 0.6) is 5.75 Å². The summed E-state index contributed by atoms with van der Waals surface area (Å²) in [5.74, 6) is 0.855. The summed E-state index contributed by atoms with van der Waals surface area (Å²) in [7, 11) is 0. The number of Topliss-reactive ketones (excluding diaryl/α,β-unsaturated/α-hetero) is 1. The maximum Gasteiger partial charge on any atom is 0.174 e. The zero-order valence-corrected chi connectivity index (χ0v) is 11.1. The van der Waals surface area contributed by atoms with Crippen molar-refractivity contribution in [2.45, 2.75) is 19.8 Å². The second kappa shape index (κ2) is 6.74. The van der Waals surface area contributed by atoms with Gasteiger partial charge >= 0.3 is 0 Å². The molecule has 0 aliphatic rings. The molecule has 0 aromatic heterocycles. The Morgan fingerprint density at radius 3 is 2.47 bits per heavy atom. The molecule has 0 saturated carbocycles. The van der Waals surface area contributed by atoms with Crippen molar-refractivity contribution < 1.29 is 9.53 Å². The molecule has 0 spiro atoms. The van der Waals surface area contributed by atoms with E-state index in [1.54, 1.807) is 0 Å². The first-order valence-corrected chi connectivity index (χ1v) is 6.55. The molecule has 2 aromatic carbocycles. The number of benzene rings is 2. The zero-order chi connectivity index (χ0) is 13.5. The summed E-state index contributed by atoms with van der Waals surface area (Å²) in [5, 5.41) is 0. The third kappa shape index (κ3) is 4.25. The number of rotatable bonds is 6. The molecule has 2 heteroatoms. The lowest BCUT2D eigenvalue weighted by Crippen LogP contribution is -2.13. The normalized spacial score (nSPS) is 10.2. The molecule has 0 saturated heterocycles. The van der Waals surface area contributed by atoms with Crippen LogP contribution in [0.25, 0.3) is 0 Å². The van der Waals surface area contributed by atoms with E-state index in [4.69, 9.17) is 4.74 Å². The third-order valence-corrected chi connectivity index (χ3v) is 2.95. The second-order valence-corrected chi connectivity index (χ2v) is 4.49. The summed E-state index contributed by atoms with van der Waals surface area (Å²) in [6.07, 6.45) is 1.39. The molecule has 0 heterocycles. The Morgan fingerprint density at radius 1 is 1.00 bits per heavy atom. The van der Waals surface area contributed by atoms with Gasteiger partial charge in [0.1, 0.15) is 12.4 Å². The van der Waals surface area contributed by atoms with E-state index in [1.807, 2.05) is 48.5 Å². The van der Waals surface area contributed by atoms with Crippen LogP contribution in [-0.4, -0.2) is 12.4 Å². The Labute approximate surface area is 114 Å². The summed E-state index contributed by atoms with van der Waals surface area (Å²) >= 11 is 0. The summed E-state index contributed by atoms with van der Waals surface area (Å²) < 4.78 is 5.53. The lowest BCUT2D eigenvalue weighted by molar-refractivity contribution is -0.120. The Morgan fingerprint density at radius 2 is 1.74 bits per heavy atom. The fourth-order valence-electron chi connectivity index (χ4n) is 1.89. The predicted octanol–water partition coefficient (Wildman–Crippen LogP) is 3.44. The largest absolute Gasteiger partial charge is 0.486 e. The van der Waals surface area contributed by atoms with E-state index in [0.29, 0.717) is 6.42 Å². The molecule has 0 N–H and O–H groups in total. The highest BCUT2D eigenvalue weighted by atomic mass is 16.5. The average Bonchev–Trinajstić information content (AvgIpc) is 2.46. The van der Waals surface area contributed by atoms with Gasteiger partial charge < -0.3 is 4.74 Å². The molecule has 0 bridgehead atoms. The van der Waals surface area contributed by atoms with E-state index in [9.17, 15) is 4.79 Å². The minimum atomic E-state index is 0.0908. The van der Waals surface area contributed by atoms with Crippen LogP contribution in [0.3, 0.4) is 0 Å². The lowest BCUT2D eigenvalue weighted by Gasteiger charge is -2.07. The van der Waals surface area contributed by atoms with Crippen molar-refractivity contribution in [2.24, 2.45) is 0 Å². The Bertz CT molecular complexity index is 532. The van der Waals surface area contributed by atoms with Crippen LogP contribution in [0.1, 0.15) is 18.1 Å². The lowest BCUT2D eigenvalue weighted by atomic mass is 10.1. The van der Waals surface area contributed by atoms with Crippen molar-refractivity contribution >= 4 is 5.78 Å². The van der Waals surface area contributed by atoms with Crippen molar-refractivity contribution in [3.8, 4) is 5.75 Å².